The van der Waals surface area contributed by atoms with Gasteiger partial charge in [0, 0.05) is 40.2 Å². The van der Waals surface area contributed by atoms with Crippen LogP contribution in [0.25, 0.3) is 0 Å². The highest BCUT2D eigenvalue weighted by molar-refractivity contribution is 8.00. The van der Waals surface area contributed by atoms with Crippen LogP contribution in [-0.2, 0) is 4.79 Å². The molecular formula is C24H25N3O4S. The lowest BCUT2D eigenvalue weighted by atomic mass is 10.2. The number of hydrogen-bond acceptors (Lipinski definition) is 5. The SMILES string of the molecule is COc1cc(NC(=O)C(C)Sc2ccc(NC(=O)Nc3ccccc3)cc2)cc(OC)c1. The van der Waals surface area contributed by atoms with Gasteiger partial charge >= 0.3 is 6.03 Å². The number of nitrogens with one attached hydrogen (secondary N) is 3. The summed E-state index contributed by atoms with van der Waals surface area (Å²) in [5, 5.41) is 8.10. The average molecular weight is 452 g/mol. The van der Waals surface area contributed by atoms with Gasteiger partial charge in [-0.15, -0.1) is 11.8 Å². The molecule has 3 aromatic rings. The molecule has 1 atom stereocenters. The minimum absolute atomic E-state index is 0.144. The average Bonchev–Trinajstić information content (AvgIpc) is 2.80. The van der Waals surface area contributed by atoms with Gasteiger partial charge < -0.3 is 25.4 Å². The van der Waals surface area contributed by atoms with Gasteiger partial charge in [-0.25, -0.2) is 4.79 Å². The van der Waals surface area contributed by atoms with E-state index in [1.807, 2.05) is 49.4 Å². The molecule has 0 aromatic heterocycles. The van der Waals surface area contributed by atoms with Crippen LogP contribution in [0.2, 0.25) is 0 Å². The van der Waals surface area contributed by atoms with Crippen molar-refractivity contribution in [2.24, 2.45) is 0 Å². The van der Waals surface area contributed by atoms with E-state index < -0.39 is 0 Å². The monoisotopic (exact) mass is 451 g/mol. The molecule has 0 bridgehead atoms. The van der Waals surface area contributed by atoms with E-state index in [4.69, 9.17) is 9.47 Å². The Labute approximate surface area is 191 Å². The Kier molecular flexibility index (Phi) is 7.99. The number of ether oxygens (including phenoxy) is 2. The number of urea groups is 1. The van der Waals surface area contributed by atoms with Crippen molar-refractivity contribution in [3.05, 3.63) is 72.8 Å². The van der Waals surface area contributed by atoms with Crippen molar-refractivity contribution in [2.45, 2.75) is 17.1 Å². The molecule has 0 saturated carbocycles. The number of thioether (sulfide) groups is 1. The Morgan fingerprint density at radius 2 is 1.31 bits per heavy atom. The maximum atomic E-state index is 12.6. The zero-order valence-electron chi connectivity index (χ0n) is 18.0. The van der Waals surface area contributed by atoms with Gasteiger partial charge in [-0.1, -0.05) is 18.2 Å². The topological polar surface area (TPSA) is 88.7 Å². The number of anilines is 3. The molecule has 0 radical (unpaired) electrons. The van der Waals surface area contributed by atoms with Crippen LogP contribution in [0.1, 0.15) is 6.92 Å². The van der Waals surface area contributed by atoms with E-state index in [-0.39, 0.29) is 17.2 Å². The maximum absolute atomic E-state index is 12.6. The fourth-order valence-corrected chi connectivity index (χ4v) is 3.68. The van der Waals surface area contributed by atoms with Crippen molar-refractivity contribution in [1.29, 1.82) is 0 Å². The van der Waals surface area contributed by atoms with Crippen molar-refractivity contribution in [3.8, 4) is 11.5 Å². The third kappa shape index (κ3) is 6.68. The van der Waals surface area contributed by atoms with Crippen LogP contribution in [0.15, 0.2) is 77.7 Å². The summed E-state index contributed by atoms with van der Waals surface area (Å²) in [6.07, 6.45) is 0. The molecule has 32 heavy (non-hydrogen) atoms. The number of benzene rings is 3. The number of methoxy groups -OCH3 is 2. The summed E-state index contributed by atoms with van der Waals surface area (Å²) in [7, 11) is 3.12. The van der Waals surface area contributed by atoms with Gasteiger partial charge in [0.2, 0.25) is 5.91 Å². The van der Waals surface area contributed by atoms with Crippen LogP contribution in [0, 0.1) is 0 Å². The quantitative estimate of drug-likeness (QED) is 0.396. The highest BCUT2D eigenvalue weighted by Gasteiger charge is 2.16. The molecular weight excluding hydrogens is 426 g/mol. The first-order valence-corrected chi connectivity index (χ1v) is 10.8. The van der Waals surface area contributed by atoms with E-state index in [0.717, 1.165) is 4.90 Å². The normalized spacial score (nSPS) is 11.2. The van der Waals surface area contributed by atoms with Crippen LogP contribution in [0.5, 0.6) is 11.5 Å². The van der Waals surface area contributed by atoms with E-state index in [9.17, 15) is 9.59 Å². The predicted octanol–water partition coefficient (Wildman–Crippen LogP) is 5.47. The molecule has 166 valence electrons. The number of amides is 3. The Morgan fingerprint density at radius 3 is 1.88 bits per heavy atom. The molecule has 0 aliphatic heterocycles. The molecule has 3 N–H and O–H groups in total. The fraction of sp³-hybridized carbons (Fsp3) is 0.167. The standard InChI is InChI=1S/C24H25N3O4S/c1-16(23(28)25-19-13-20(30-2)15-21(14-19)31-3)32-22-11-9-18(10-12-22)27-24(29)26-17-7-5-4-6-8-17/h4-16H,1-3H3,(H,25,28)(H2,26,27,29). The number of carbonyl (C=O) groups excluding carboxylic acids is 2. The van der Waals surface area contributed by atoms with Gasteiger partial charge in [0.05, 0.1) is 19.5 Å². The number of carbonyl (C=O) groups is 2. The minimum atomic E-state index is -0.340. The van der Waals surface area contributed by atoms with Gasteiger partial charge in [0.1, 0.15) is 11.5 Å². The smallest absolute Gasteiger partial charge is 0.323 e. The van der Waals surface area contributed by atoms with Crippen molar-refractivity contribution >= 4 is 40.8 Å². The van der Waals surface area contributed by atoms with Crippen molar-refractivity contribution in [1.82, 2.24) is 0 Å². The molecule has 7 nitrogen and oxygen atoms in total. The van der Waals surface area contributed by atoms with E-state index in [2.05, 4.69) is 16.0 Å². The van der Waals surface area contributed by atoms with Crippen LogP contribution in [0.4, 0.5) is 21.9 Å². The summed E-state index contributed by atoms with van der Waals surface area (Å²) < 4.78 is 10.5. The summed E-state index contributed by atoms with van der Waals surface area (Å²) >= 11 is 1.42. The predicted molar refractivity (Wildman–Crippen MR) is 129 cm³/mol. The van der Waals surface area contributed by atoms with Gasteiger partial charge in [-0.05, 0) is 43.3 Å². The van der Waals surface area contributed by atoms with Crippen LogP contribution in [-0.4, -0.2) is 31.4 Å². The Morgan fingerprint density at radius 1 is 0.750 bits per heavy atom. The first-order chi connectivity index (χ1) is 15.5. The molecule has 0 heterocycles. The zero-order valence-corrected chi connectivity index (χ0v) is 18.9. The molecule has 0 spiro atoms. The second kappa shape index (κ2) is 11.1. The van der Waals surface area contributed by atoms with E-state index in [0.29, 0.717) is 28.6 Å². The third-order valence-electron chi connectivity index (χ3n) is 4.44. The van der Waals surface area contributed by atoms with Gasteiger partial charge in [-0.2, -0.15) is 0 Å². The Balaban J connectivity index is 1.54. The third-order valence-corrected chi connectivity index (χ3v) is 5.56. The lowest BCUT2D eigenvalue weighted by Crippen LogP contribution is -2.22. The fourth-order valence-electron chi connectivity index (χ4n) is 2.81. The summed E-state index contributed by atoms with van der Waals surface area (Å²) in [5.41, 5.74) is 1.97. The highest BCUT2D eigenvalue weighted by atomic mass is 32.2. The minimum Gasteiger partial charge on any atom is -0.497 e. The van der Waals surface area contributed by atoms with Gasteiger partial charge in [-0.3, -0.25) is 4.79 Å². The summed E-state index contributed by atoms with van der Waals surface area (Å²) in [6, 6.07) is 21.4. The van der Waals surface area contributed by atoms with E-state index in [1.54, 1.807) is 44.6 Å². The second-order valence-corrected chi connectivity index (χ2v) is 8.23. The molecule has 3 amide bonds. The van der Waals surface area contributed by atoms with Crippen molar-refractivity contribution < 1.29 is 19.1 Å². The lowest BCUT2D eigenvalue weighted by molar-refractivity contribution is -0.115. The summed E-state index contributed by atoms with van der Waals surface area (Å²) in [4.78, 5) is 25.6. The first-order valence-electron chi connectivity index (χ1n) is 9.90. The number of para-hydroxylation sites is 1. The van der Waals surface area contributed by atoms with E-state index >= 15 is 0 Å². The number of rotatable bonds is 8. The lowest BCUT2D eigenvalue weighted by Gasteiger charge is -2.14. The summed E-state index contributed by atoms with van der Waals surface area (Å²) in [6.45, 7) is 1.83. The van der Waals surface area contributed by atoms with Crippen molar-refractivity contribution in [3.63, 3.8) is 0 Å². The van der Waals surface area contributed by atoms with Crippen LogP contribution in [0.3, 0.4) is 0 Å². The molecule has 3 rings (SSSR count). The molecule has 0 aliphatic rings. The van der Waals surface area contributed by atoms with Gasteiger partial charge in [0.25, 0.3) is 0 Å². The highest BCUT2D eigenvalue weighted by Crippen LogP contribution is 2.28. The van der Waals surface area contributed by atoms with Crippen LogP contribution < -0.4 is 25.4 Å². The Bertz CT molecular complexity index is 1040. The summed E-state index contributed by atoms with van der Waals surface area (Å²) in [5.74, 6) is 1.05. The van der Waals surface area contributed by atoms with Crippen molar-refractivity contribution in [2.75, 3.05) is 30.2 Å². The molecule has 0 aliphatic carbocycles. The molecule has 0 fully saturated rings. The largest absolute Gasteiger partial charge is 0.497 e. The number of hydrogen-bond donors (Lipinski definition) is 3. The zero-order chi connectivity index (χ0) is 22.9. The van der Waals surface area contributed by atoms with Crippen LogP contribution >= 0.6 is 11.8 Å². The maximum Gasteiger partial charge on any atom is 0.323 e. The Hall–Kier alpha value is -3.65. The molecule has 8 heteroatoms. The molecule has 0 saturated heterocycles. The molecule has 1 unspecified atom stereocenters. The van der Waals surface area contributed by atoms with Gasteiger partial charge in [0.15, 0.2) is 0 Å². The first kappa shape index (κ1) is 23.0. The molecule has 3 aromatic carbocycles. The second-order valence-electron chi connectivity index (χ2n) is 6.82. The van der Waals surface area contributed by atoms with E-state index in [1.165, 1.54) is 11.8 Å².